The largest absolute Gasteiger partial charge is 0.495 e. The Hall–Kier alpha value is -3.74. The van der Waals surface area contributed by atoms with Crippen molar-refractivity contribution in [2.75, 3.05) is 63.6 Å². The minimum absolute atomic E-state index is 0.273. The molecule has 0 spiro atoms. The Bertz CT molecular complexity index is 1290. The molecular weight excluding hydrogens is 486 g/mol. The van der Waals surface area contributed by atoms with E-state index in [-0.39, 0.29) is 5.56 Å². The molecule has 38 heavy (non-hydrogen) atoms. The van der Waals surface area contributed by atoms with Crippen LogP contribution < -0.4 is 15.0 Å². The smallest absolute Gasteiger partial charge is 0.227 e. The molecule has 3 aromatic rings. The Labute approximate surface area is 222 Å². The first-order valence-electron chi connectivity index (χ1n) is 12.9. The van der Waals surface area contributed by atoms with Crippen molar-refractivity contribution < 1.29 is 13.5 Å². The minimum Gasteiger partial charge on any atom is -0.495 e. The van der Waals surface area contributed by atoms with E-state index in [4.69, 9.17) is 4.74 Å². The third kappa shape index (κ3) is 6.04. The highest BCUT2D eigenvalue weighted by Gasteiger charge is 2.27. The molecule has 5 rings (SSSR count). The molecule has 0 atom stereocenters. The number of aromatic nitrogens is 2. The standard InChI is InChI=1S/C29H32F2N6O/c1-35-14-16-36(17-15-35)23-10-12-37(13-11-23)27-9-7-22(18-28(27)38-2)34-29-32-19-21(20-33-29)6-8-24-25(30)4-3-5-26(24)31/h3-5,7,9,18-20,23H,10-17H2,1-2H3,(H,32,33,34). The van der Waals surface area contributed by atoms with Gasteiger partial charge in [-0.15, -0.1) is 0 Å². The summed E-state index contributed by atoms with van der Waals surface area (Å²) in [6.45, 7) is 6.62. The summed E-state index contributed by atoms with van der Waals surface area (Å²) in [6, 6.07) is 10.3. The summed E-state index contributed by atoms with van der Waals surface area (Å²) in [4.78, 5) is 16.0. The van der Waals surface area contributed by atoms with Gasteiger partial charge in [0.1, 0.15) is 17.4 Å². The van der Waals surface area contributed by atoms with Crippen molar-refractivity contribution >= 4 is 17.3 Å². The number of benzene rings is 2. The van der Waals surface area contributed by atoms with Crippen LogP contribution in [-0.2, 0) is 0 Å². The van der Waals surface area contributed by atoms with Crippen LogP contribution in [0.15, 0.2) is 48.8 Å². The lowest BCUT2D eigenvalue weighted by molar-refractivity contribution is 0.0981. The molecule has 2 aliphatic heterocycles. The highest BCUT2D eigenvalue weighted by molar-refractivity contribution is 5.67. The van der Waals surface area contributed by atoms with E-state index >= 15 is 0 Å². The van der Waals surface area contributed by atoms with Gasteiger partial charge in [-0.05, 0) is 44.2 Å². The third-order valence-corrected chi connectivity index (χ3v) is 7.24. The predicted molar refractivity (Wildman–Crippen MR) is 145 cm³/mol. The number of hydrogen-bond acceptors (Lipinski definition) is 7. The van der Waals surface area contributed by atoms with Crippen LogP contribution in [0.1, 0.15) is 24.0 Å². The van der Waals surface area contributed by atoms with E-state index in [1.807, 2.05) is 12.1 Å². The van der Waals surface area contributed by atoms with E-state index in [9.17, 15) is 8.78 Å². The first kappa shape index (κ1) is 25.9. The first-order valence-corrected chi connectivity index (χ1v) is 12.9. The van der Waals surface area contributed by atoms with Crippen molar-refractivity contribution in [3.63, 3.8) is 0 Å². The van der Waals surface area contributed by atoms with Crippen molar-refractivity contribution in [3.05, 3.63) is 71.6 Å². The fraction of sp³-hybridized carbons (Fsp3) is 0.379. The van der Waals surface area contributed by atoms with Crippen molar-refractivity contribution in [3.8, 4) is 17.6 Å². The number of rotatable bonds is 5. The molecule has 1 aromatic heterocycles. The lowest BCUT2D eigenvalue weighted by Crippen LogP contribution is -2.52. The zero-order valence-corrected chi connectivity index (χ0v) is 21.8. The van der Waals surface area contributed by atoms with Gasteiger partial charge in [-0.25, -0.2) is 18.7 Å². The van der Waals surface area contributed by atoms with Gasteiger partial charge in [-0.2, -0.15) is 0 Å². The minimum atomic E-state index is -0.700. The average Bonchev–Trinajstić information content (AvgIpc) is 2.94. The number of halogens is 2. The van der Waals surface area contributed by atoms with Gasteiger partial charge in [-0.1, -0.05) is 17.9 Å². The van der Waals surface area contributed by atoms with Gasteiger partial charge >= 0.3 is 0 Å². The maximum Gasteiger partial charge on any atom is 0.227 e. The second kappa shape index (κ2) is 11.8. The molecule has 3 heterocycles. The number of anilines is 3. The maximum atomic E-state index is 13.8. The topological polar surface area (TPSA) is 56.8 Å². The molecule has 2 aromatic carbocycles. The van der Waals surface area contributed by atoms with Gasteiger partial charge in [-0.3, -0.25) is 4.90 Å². The molecule has 0 amide bonds. The van der Waals surface area contributed by atoms with Gasteiger partial charge < -0.3 is 19.9 Å². The highest BCUT2D eigenvalue weighted by Crippen LogP contribution is 2.34. The van der Waals surface area contributed by atoms with Gasteiger partial charge in [0, 0.05) is 69.5 Å². The number of ether oxygens (including phenoxy) is 1. The normalized spacial score (nSPS) is 17.1. The molecule has 7 nitrogen and oxygen atoms in total. The number of likely N-dealkylation sites (N-methyl/N-ethyl adjacent to an activating group) is 1. The summed E-state index contributed by atoms with van der Waals surface area (Å²) in [5, 5.41) is 3.18. The Kier molecular flexibility index (Phi) is 8.01. The lowest BCUT2D eigenvalue weighted by Gasteiger charge is -2.42. The fourth-order valence-corrected chi connectivity index (χ4v) is 5.01. The molecule has 0 aliphatic carbocycles. The van der Waals surface area contributed by atoms with Crippen LogP contribution in [-0.4, -0.2) is 79.2 Å². The van der Waals surface area contributed by atoms with Crippen molar-refractivity contribution in [1.82, 2.24) is 19.8 Å². The quantitative estimate of drug-likeness (QED) is 0.510. The van der Waals surface area contributed by atoms with E-state index in [2.05, 4.69) is 54.9 Å². The average molecular weight is 519 g/mol. The van der Waals surface area contributed by atoms with Crippen LogP contribution in [0, 0.1) is 23.5 Å². The van der Waals surface area contributed by atoms with Gasteiger partial charge in [0.15, 0.2) is 0 Å². The molecule has 198 valence electrons. The summed E-state index contributed by atoms with van der Waals surface area (Å²) in [6.07, 6.45) is 5.33. The van der Waals surface area contributed by atoms with Crippen molar-refractivity contribution in [2.45, 2.75) is 18.9 Å². The summed E-state index contributed by atoms with van der Waals surface area (Å²) in [5.41, 5.74) is 2.06. The van der Waals surface area contributed by atoms with Gasteiger partial charge in [0.2, 0.25) is 5.95 Å². The molecule has 9 heteroatoms. The predicted octanol–water partition coefficient (Wildman–Crippen LogP) is 4.12. The third-order valence-electron chi connectivity index (χ3n) is 7.24. The molecule has 0 unspecified atom stereocenters. The Balaban J connectivity index is 1.21. The Morgan fingerprint density at radius 2 is 1.61 bits per heavy atom. The Morgan fingerprint density at radius 1 is 0.921 bits per heavy atom. The van der Waals surface area contributed by atoms with Crippen LogP contribution in [0.25, 0.3) is 0 Å². The maximum absolute atomic E-state index is 13.8. The van der Waals surface area contributed by atoms with E-state index in [1.54, 1.807) is 7.11 Å². The number of nitrogens with zero attached hydrogens (tertiary/aromatic N) is 5. The zero-order valence-electron chi connectivity index (χ0n) is 21.8. The number of nitrogens with one attached hydrogen (secondary N) is 1. The highest BCUT2D eigenvalue weighted by atomic mass is 19.1. The molecular formula is C29H32F2N6O. The van der Waals surface area contributed by atoms with Gasteiger partial charge in [0.05, 0.1) is 23.9 Å². The number of hydrogen-bond donors (Lipinski definition) is 1. The van der Waals surface area contributed by atoms with Crippen LogP contribution in [0.4, 0.5) is 26.1 Å². The van der Waals surface area contributed by atoms with Crippen LogP contribution >= 0.6 is 0 Å². The summed E-state index contributed by atoms with van der Waals surface area (Å²) >= 11 is 0. The van der Waals surface area contributed by atoms with Gasteiger partial charge in [0.25, 0.3) is 0 Å². The molecule has 2 aliphatic rings. The summed E-state index contributed by atoms with van der Waals surface area (Å²) < 4.78 is 33.3. The van der Waals surface area contributed by atoms with E-state index < -0.39 is 11.6 Å². The zero-order chi connectivity index (χ0) is 26.5. The molecule has 2 saturated heterocycles. The number of methoxy groups -OCH3 is 1. The fourth-order valence-electron chi connectivity index (χ4n) is 5.01. The van der Waals surface area contributed by atoms with E-state index in [1.165, 1.54) is 30.6 Å². The van der Waals surface area contributed by atoms with E-state index in [0.29, 0.717) is 17.6 Å². The molecule has 0 radical (unpaired) electrons. The molecule has 1 N–H and O–H groups in total. The molecule has 0 saturated carbocycles. The summed E-state index contributed by atoms with van der Waals surface area (Å²) in [5.74, 6) is 5.00. The summed E-state index contributed by atoms with van der Waals surface area (Å²) in [7, 11) is 3.88. The van der Waals surface area contributed by atoms with Crippen LogP contribution in [0.2, 0.25) is 0 Å². The molecule has 0 bridgehead atoms. The monoisotopic (exact) mass is 518 g/mol. The van der Waals surface area contributed by atoms with Crippen LogP contribution in [0.3, 0.4) is 0 Å². The second-order valence-corrected chi connectivity index (χ2v) is 9.71. The Morgan fingerprint density at radius 3 is 2.26 bits per heavy atom. The second-order valence-electron chi connectivity index (χ2n) is 9.71. The molecule has 2 fully saturated rings. The lowest BCUT2D eigenvalue weighted by atomic mass is 10.0. The first-order chi connectivity index (χ1) is 18.5. The number of piperazine rings is 1. The van der Waals surface area contributed by atoms with E-state index in [0.717, 1.165) is 69.2 Å². The van der Waals surface area contributed by atoms with Crippen molar-refractivity contribution in [1.29, 1.82) is 0 Å². The number of piperidine rings is 1. The SMILES string of the molecule is COc1cc(Nc2ncc(C#Cc3c(F)cccc3F)cn2)ccc1N1CCC(N2CCN(C)CC2)CC1. The van der Waals surface area contributed by atoms with Crippen molar-refractivity contribution in [2.24, 2.45) is 0 Å². The van der Waals surface area contributed by atoms with Crippen LogP contribution in [0.5, 0.6) is 5.75 Å².